The summed E-state index contributed by atoms with van der Waals surface area (Å²) in [5.41, 5.74) is 1.40. The molecule has 1 heterocycles. The summed E-state index contributed by atoms with van der Waals surface area (Å²) in [5, 5.41) is -0.316. The van der Waals surface area contributed by atoms with Gasteiger partial charge in [0.25, 0.3) is 11.1 Å². The third-order valence-electron chi connectivity index (χ3n) is 4.24. The lowest BCUT2D eigenvalue weighted by atomic mass is 10.1. The molecule has 0 saturated carbocycles. The summed E-state index contributed by atoms with van der Waals surface area (Å²) in [6, 6.07) is 11.4. The fourth-order valence-corrected chi connectivity index (χ4v) is 3.68. The number of hydrogen-bond acceptors (Lipinski definition) is 6. The Labute approximate surface area is 178 Å². The number of benzene rings is 2. The van der Waals surface area contributed by atoms with E-state index in [0.717, 1.165) is 11.8 Å². The minimum atomic E-state index is -0.341. The first-order valence-corrected chi connectivity index (χ1v) is 10.2. The molecular weight excluding hydrogens is 409 g/mol. The number of hydrogen-bond donors (Lipinski definition) is 0. The Kier molecular flexibility index (Phi) is 7.48. The van der Waals surface area contributed by atoms with Gasteiger partial charge in [-0.15, -0.1) is 0 Å². The number of nitrogens with zero attached hydrogens (tertiary/aromatic N) is 1. The van der Waals surface area contributed by atoms with Crippen molar-refractivity contribution in [2.45, 2.75) is 13.5 Å². The van der Waals surface area contributed by atoms with Crippen LogP contribution in [0.4, 0.5) is 9.18 Å². The second kappa shape index (κ2) is 10.3. The number of methoxy groups -OCH3 is 1. The van der Waals surface area contributed by atoms with Crippen LogP contribution >= 0.6 is 11.8 Å². The van der Waals surface area contributed by atoms with Crippen molar-refractivity contribution < 1.29 is 28.2 Å². The van der Waals surface area contributed by atoms with Gasteiger partial charge in [0.05, 0.1) is 24.7 Å². The number of carbonyl (C=O) groups is 2. The van der Waals surface area contributed by atoms with Crippen molar-refractivity contribution in [3.63, 3.8) is 0 Å². The molecule has 0 bridgehead atoms. The molecule has 0 radical (unpaired) electrons. The van der Waals surface area contributed by atoms with Crippen molar-refractivity contribution in [1.82, 2.24) is 4.90 Å². The van der Waals surface area contributed by atoms with Gasteiger partial charge in [0.1, 0.15) is 12.4 Å². The third-order valence-corrected chi connectivity index (χ3v) is 5.15. The van der Waals surface area contributed by atoms with E-state index in [1.807, 2.05) is 6.92 Å². The first-order chi connectivity index (χ1) is 14.5. The maximum absolute atomic E-state index is 13.3. The number of rotatable bonds is 9. The van der Waals surface area contributed by atoms with Crippen LogP contribution in [0.1, 0.15) is 18.1 Å². The lowest BCUT2D eigenvalue weighted by molar-refractivity contribution is -0.123. The SMILES string of the molecule is CCOc1cc(/C=C2/SC(=O)N(CCOC)C2=O)ccc1OCc1cccc(F)c1. The zero-order chi connectivity index (χ0) is 21.5. The first kappa shape index (κ1) is 21.9. The van der Waals surface area contributed by atoms with E-state index >= 15 is 0 Å². The molecule has 2 aromatic carbocycles. The standard InChI is InChI=1S/C22H22FNO5S/c1-3-28-19-12-15(13-20-21(25)24(9-10-27-2)22(26)30-20)7-8-18(19)29-14-16-5-4-6-17(23)11-16/h4-8,11-13H,3,9-10,14H2,1-2H3/b20-13+. The largest absolute Gasteiger partial charge is 0.490 e. The number of amides is 2. The van der Waals surface area contributed by atoms with Crippen molar-refractivity contribution in [3.05, 3.63) is 64.3 Å². The van der Waals surface area contributed by atoms with Crippen molar-refractivity contribution in [2.75, 3.05) is 26.9 Å². The van der Waals surface area contributed by atoms with E-state index in [0.29, 0.717) is 34.1 Å². The molecule has 158 valence electrons. The zero-order valence-corrected chi connectivity index (χ0v) is 17.5. The topological polar surface area (TPSA) is 65.1 Å². The Morgan fingerprint density at radius 1 is 1.10 bits per heavy atom. The first-order valence-electron chi connectivity index (χ1n) is 9.40. The van der Waals surface area contributed by atoms with Gasteiger partial charge < -0.3 is 14.2 Å². The zero-order valence-electron chi connectivity index (χ0n) is 16.7. The Morgan fingerprint density at radius 3 is 2.67 bits per heavy atom. The van der Waals surface area contributed by atoms with Crippen LogP contribution in [0.25, 0.3) is 6.08 Å². The summed E-state index contributed by atoms with van der Waals surface area (Å²) >= 11 is 0.895. The fourth-order valence-electron chi connectivity index (χ4n) is 2.82. The molecule has 8 heteroatoms. The smallest absolute Gasteiger partial charge is 0.293 e. The van der Waals surface area contributed by atoms with E-state index in [4.69, 9.17) is 14.2 Å². The van der Waals surface area contributed by atoms with Crippen LogP contribution < -0.4 is 9.47 Å². The molecule has 0 unspecified atom stereocenters. The van der Waals surface area contributed by atoms with Gasteiger partial charge in [-0.3, -0.25) is 14.5 Å². The normalized spacial score (nSPS) is 15.2. The van der Waals surface area contributed by atoms with E-state index in [2.05, 4.69) is 0 Å². The van der Waals surface area contributed by atoms with Gasteiger partial charge in [0, 0.05) is 7.11 Å². The summed E-state index contributed by atoms with van der Waals surface area (Å²) in [4.78, 5) is 26.0. The van der Waals surface area contributed by atoms with Crippen LogP contribution in [0.2, 0.25) is 0 Å². The van der Waals surface area contributed by atoms with Gasteiger partial charge in [-0.05, 0) is 60.2 Å². The van der Waals surface area contributed by atoms with Gasteiger partial charge >= 0.3 is 0 Å². The molecule has 0 aromatic heterocycles. The van der Waals surface area contributed by atoms with Crippen molar-refractivity contribution in [3.8, 4) is 11.5 Å². The number of halogens is 1. The van der Waals surface area contributed by atoms with Gasteiger partial charge in [-0.25, -0.2) is 4.39 Å². The molecule has 6 nitrogen and oxygen atoms in total. The Bertz CT molecular complexity index is 962. The molecule has 1 saturated heterocycles. The predicted octanol–water partition coefficient (Wildman–Crippen LogP) is 4.49. The van der Waals surface area contributed by atoms with Gasteiger partial charge in [0.15, 0.2) is 11.5 Å². The van der Waals surface area contributed by atoms with E-state index in [-0.39, 0.29) is 36.7 Å². The summed E-state index contributed by atoms with van der Waals surface area (Å²) in [7, 11) is 1.52. The van der Waals surface area contributed by atoms with E-state index in [1.165, 1.54) is 24.1 Å². The second-order valence-corrected chi connectivity index (χ2v) is 7.38. The predicted molar refractivity (Wildman–Crippen MR) is 113 cm³/mol. The molecule has 0 atom stereocenters. The highest BCUT2D eigenvalue weighted by Crippen LogP contribution is 2.34. The van der Waals surface area contributed by atoms with Crippen LogP contribution in [0.3, 0.4) is 0 Å². The summed E-state index contributed by atoms with van der Waals surface area (Å²) in [6.45, 7) is 2.97. The number of imide groups is 1. The molecule has 2 aromatic rings. The number of carbonyl (C=O) groups excluding carboxylic acids is 2. The molecular formula is C22H22FNO5S. The molecule has 2 amide bonds. The minimum absolute atomic E-state index is 0.190. The van der Waals surface area contributed by atoms with E-state index in [9.17, 15) is 14.0 Å². The maximum Gasteiger partial charge on any atom is 0.293 e. The minimum Gasteiger partial charge on any atom is -0.490 e. The molecule has 3 rings (SSSR count). The van der Waals surface area contributed by atoms with Crippen LogP contribution in [0.15, 0.2) is 47.4 Å². The molecule has 0 spiro atoms. The average Bonchev–Trinajstić information content (AvgIpc) is 2.99. The number of thioether (sulfide) groups is 1. The molecule has 1 aliphatic rings. The lowest BCUT2D eigenvalue weighted by Gasteiger charge is -2.13. The molecule has 30 heavy (non-hydrogen) atoms. The van der Waals surface area contributed by atoms with Crippen LogP contribution in [0.5, 0.6) is 11.5 Å². The molecule has 0 aliphatic carbocycles. The molecule has 1 aliphatic heterocycles. The summed E-state index contributed by atoms with van der Waals surface area (Å²) in [6.07, 6.45) is 1.65. The summed E-state index contributed by atoms with van der Waals surface area (Å²) in [5.74, 6) is 0.343. The maximum atomic E-state index is 13.3. The van der Waals surface area contributed by atoms with Crippen LogP contribution in [-0.4, -0.2) is 42.9 Å². The van der Waals surface area contributed by atoms with Gasteiger partial charge in [0.2, 0.25) is 0 Å². The van der Waals surface area contributed by atoms with Gasteiger partial charge in [-0.1, -0.05) is 18.2 Å². The monoisotopic (exact) mass is 431 g/mol. The van der Waals surface area contributed by atoms with Crippen molar-refractivity contribution in [1.29, 1.82) is 0 Å². The summed E-state index contributed by atoms with van der Waals surface area (Å²) < 4.78 is 29.7. The average molecular weight is 431 g/mol. The van der Waals surface area contributed by atoms with E-state index < -0.39 is 0 Å². The van der Waals surface area contributed by atoms with Crippen molar-refractivity contribution in [2.24, 2.45) is 0 Å². The third kappa shape index (κ3) is 5.40. The lowest BCUT2D eigenvalue weighted by Crippen LogP contribution is -2.31. The highest BCUT2D eigenvalue weighted by atomic mass is 32.2. The van der Waals surface area contributed by atoms with Crippen molar-refractivity contribution >= 4 is 29.0 Å². The van der Waals surface area contributed by atoms with Gasteiger partial charge in [-0.2, -0.15) is 0 Å². The molecule has 1 fully saturated rings. The Hall–Kier alpha value is -2.84. The highest BCUT2D eigenvalue weighted by molar-refractivity contribution is 8.18. The second-order valence-electron chi connectivity index (χ2n) is 6.38. The van der Waals surface area contributed by atoms with E-state index in [1.54, 1.807) is 36.4 Å². The quantitative estimate of drug-likeness (QED) is 0.545. The molecule has 0 N–H and O–H groups in total. The Morgan fingerprint density at radius 2 is 1.93 bits per heavy atom. The number of ether oxygens (including phenoxy) is 3. The van der Waals surface area contributed by atoms with Crippen LogP contribution in [-0.2, 0) is 16.1 Å². The fraction of sp³-hybridized carbons (Fsp3) is 0.273. The highest BCUT2D eigenvalue weighted by Gasteiger charge is 2.34. The van der Waals surface area contributed by atoms with Crippen LogP contribution in [0, 0.1) is 5.82 Å². The Balaban J connectivity index is 1.76.